The molecule has 1 fully saturated rings. The summed E-state index contributed by atoms with van der Waals surface area (Å²) in [6, 6.07) is 23.7. The molecule has 3 aromatic carbocycles. The van der Waals surface area contributed by atoms with Crippen LogP contribution in [0.25, 0.3) is 16.6 Å². The van der Waals surface area contributed by atoms with Crippen molar-refractivity contribution in [3.8, 4) is 11.9 Å². The zero-order chi connectivity index (χ0) is 35.6. The zero-order valence-corrected chi connectivity index (χ0v) is 28.9. The molecule has 1 saturated heterocycles. The number of nitrogens with one attached hydrogen (secondary N) is 3. The first-order valence-electron chi connectivity index (χ1n) is 17.7. The molecule has 2 atom stereocenters. The second-order valence-corrected chi connectivity index (χ2v) is 13.4. The number of aromatic nitrogens is 3. The highest BCUT2D eigenvalue weighted by Gasteiger charge is 2.25. The molecule has 11 nitrogen and oxygen atoms in total. The Kier molecular flexibility index (Phi) is 9.38. The fraction of sp³-hybridized carbons (Fsp3) is 0.300. The lowest BCUT2D eigenvalue weighted by molar-refractivity contribution is -0.0591. The average Bonchev–Trinajstić information content (AvgIpc) is 3.72. The van der Waals surface area contributed by atoms with E-state index in [1.807, 2.05) is 54.6 Å². The molecule has 0 bridgehead atoms. The molecule has 5 heterocycles. The van der Waals surface area contributed by atoms with Crippen LogP contribution in [0, 0.1) is 17.1 Å². The third-order valence-corrected chi connectivity index (χ3v) is 10.0. The van der Waals surface area contributed by atoms with Crippen LogP contribution in [-0.2, 0) is 24.4 Å². The number of hydrogen-bond donors (Lipinski definition) is 3. The summed E-state index contributed by atoms with van der Waals surface area (Å²) in [5.41, 5.74) is 14.3. The van der Waals surface area contributed by atoms with Gasteiger partial charge in [0, 0.05) is 42.6 Å². The molecule has 1 amide bonds. The van der Waals surface area contributed by atoms with E-state index < -0.39 is 5.82 Å². The summed E-state index contributed by atoms with van der Waals surface area (Å²) in [5.74, 6) is 0.741. The number of ether oxygens (including phenoxy) is 2. The van der Waals surface area contributed by atoms with E-state index in [1.165, 1.54) is 6.07 Å². The summed E-state index contributed by atoms with van der Waals surface area (Å²) in [6.07, 6.45) is 5.09. The van der Waals surface area contributed by atoms with E-state index in [9.17, 15) is 9.18 Å². The van der Waals surface area contributed by atoms with Crippen LogP contribution in [0.3, 0.4) is 0 Å². The van der Waals surface area contributed by atoms with Crippen molar-refractivity contribution in [3.05, 3.63) is 118 Å². The third kappa shape index (κ3) is 6.98. The van der Waals surface area contributed by atoms with Crippen molar-refractivity contribution >= 4 is 33.9 Å². The number of fused-ring (bicyclic) bond motifs is 2. The Morgan fingerprint density at radius 1 is 1.13 bits per heavy atom. The Balaban J connectivity index is 0.950. The second-order valence-electron chi connectivity index (χ2n) is 13.4. The molecule has 3 aliphatic heterocycles. The molecule has 5 aromatic rings. The number of imidazole rings is 1. The van der Waals surface area contributed by atoms with Crippen LogP contribution in [0.5, 0.6) is 5.88 Å². The topological polar surface area (TPSA) is 129 Å². The first kappa shape index (κ1) is 33.5. The number of amides is 1. The van der Waals surface area contributed by atoms with Gasteiger partial charge in [-0.1, -0.05) is 25.1 Å². The van der Waals surface area contributed by atoms with E-state index in [0.717, 1.165) is 84.9 Å². The highest BCUT2D eigenvalue weighted by atomic mass is 19.1. The van der Waals surface area contributed by atoms with Crippen LogP contribution >= 0.6 is 0 Å². The predicted octanol–water partition coefficient (Wildman–Crippen LogP) is 6.73. The number of nitriles is 1. The second kappa shape index (κ2) is 14.6. The lowest BCUT2D eigenvalue weighted by Gasteiger charge is -2.29. The van der Waals surface area contributed by atoms with Crippen molar-refractivity contribution in [1.29, 1.82) is 5.26 Å². The molecule has 0 saturated carbocycles. The third-order valence-electron chi connectivity index (χ3n) is 10.0. The largest absolute Gasteiger partial charge is 0.473 e. The van der Waals surface area contributed by atoms with Gasteiger partial charge < -0.3 is 24.8 Å². The summed E-state index contributed by atoms with van der Waals surface area (Å²) in [7, 11) is 0. The molecule has 52 heavy (non-hydrogen) atoms. The fourth-order valence-corrected chi connectivity index (χ4v) is 6.94. The van der Waals surface area contributed by atoms with Gasteiger partial charge >= 0.3 is 0 Å². The Morgan fingerprint density at radius 3 is 2.81 bits per heavy atom. The van der Waals surface area contributed by atoms with Crippen molar-refractivity contribution in [2.45, 2.75) is 58.0 Å². The molecule has 3 aliphatic rings. The van der Waals surface area contributed by atoms with Gasteiger partial charge in [0.15, 0.2) is 0 Å². The van der Waals surface area contributed by atoms with E-state index >= 15 is 0 Å². The summed E-state index contributed by atoms with van der Waals surface area (Å²) < 4.78 is 28.2. The highest BCUT2D eigenvalue weighted by molar-refractivity contribution is 6.05. The maximum atomic E-state index is 14.4. The molecule has 12 heteroatoms. The number of carbonyl (C=O) groups is 1. The van der Waals surface area contributed by atoms with E-state index in [4.69, 9.17) is 24.7 Å². The summed E-state index contributed by atoms with van der Waals surface area (Å²) in [5, 5.41) is 12.1. The number of nitrogens with zero attached hydrogens (tertiary/aromatic N) is 5. The van der Waals surface area contributed by atoms with Gasteiger partial charge in [0.25, 0.3) is 5.91 Å². The summed E-state index contributed by atoms with van der Waals surface area (Å²) in [4.78, 5) is 25.4. The maximum Gasteiger partial charge on any atom is 0.255 e. The molecule has 264 valence electrons. The minimum Gasteiger partial charge on any atom is -0.473 e. The Bertz CT molecular complexity index is 2220. The number of hydrogen-bond acceptors (Lipinski definition) is 9. The molecule has 3 N–H and O–H groups in total. The quantitative estimate of drug-likeness (QED) is 0.138. The van der Waals surface area contributed by atoms with Gasteiger partial charge in [-0.05, 0) is 85.0 Å². The molecule has 8 rings (SSSR count). The molecular formula is C40H39FN8O3. The Morgan fingerprint density at radius 2 is 2.04 bits per heavy atom. The summed E-state index contributed by atoms with van der Waals surface area (Å²) >= 11 is 0. The first-order valence-corrected chi connectivity index (χ1v) is 17.7. The lowest BCUT2D eigenvalue weighted by atomic mass is 10.0. The maximum absolute atomic E-state index is 14.4. The number of halogens is 1. The zero-order valence-electron chi connectivity index (χ0n) is 28.9. The molecule has 2 aromatic heterocycles. The monoisotopic (exact) mass is 698 g/mol. The van der Waals surface area contributed by atoms with Gasteiger partial charge in [0.05, 0.1) is 59.3 Å². The summed E-state index contributed by atoms with van der Waals surface area (Å²) in [6.45, 7) is 5.86. The van der Waals surface area contributed by atoms with Gasteiger partial charge in [0.1, 0.15) is 18.2 Å². The van der Waals surface area contributed by atoms with Crippen molar-refractivity contribution in [3.63, 3.8) is 0 Å². The first-order chi connectivity index (χ1) is 25.4. The Labute approximate surface area is 301 Å². The van der Waals surface area contributed by atoms with E-state index in [-0.39, 0.29) is 30.2 Å². The average molecular weight is 699 g/mol. The number of benzene rings is 3. The standard InChI is InChI=1S/C40H39FN8O3/c1-2-33-31-19-27(8-10-35(31)47-46-33)40(50)43-29-9-11-37-36(20-29)44-38(49(37)22-30-14-17-51-30)23-48-15-12-26(13-16-48)34-4-3-5-39(45-34)52-24-28-7-6-25(21-42)18-32(28)41/h3-12,18-20,30,33,46-47H,2,13-17,22-24H2,1H3,(H,43,50)/t30-,33?/m0/s1. The van der Waals surface area contributed by atoms with Crippen LogP contribution in [0.2, 0.25) is 0 Å². The highest BCUT2D eigenvalue weighted by Crippen LogP contribution is 2.32. The van der Waals surface area contributed by atoms with E-state index in [2.05, 4.69) is 38.6 Å². The van der Waals surface area contributed by atoms with Crippen molar-refractivity contribution < 1.29 is 18.7 Å². The van der Waals surface area contributed by atoms with Crippen molar-refractivity contribution in [2.75, 3.05) is 30.4 Å². The van der Waals surface area contributed by atoms with Gasteiger partial charge in [-0.15, -0.1) is 0 Å². The number of hydrazine groups is 1. The van der Waals surface area contributed by atoms with Crippen LogP contribution in [-0.4, -0.2) is 51.1 Å². The van der Waals surface area contributed by atoms with Crippen LogP contribution in [0.15, 0.2) is 78.9 Å². The van der Waals surface area contributed by atoms with Gasteiger partial charge in [-0.2, -0.15) is 5.26 Å². The van der Waals surface area contributed by atoms with E-state index in [1.54, 1.807) is 18.2 Å². The lowest BCUT2D eigenvalue weighted by Crippen LogP contribution is -2.33. The normalized spacial score (nSPS) is 18.2. The van der Waals surface area contributed by atoms with Gasteiger partial charge in [-0.3, -0.25) is 9.69 Å². The van der Waals surface area contributed by atoms with Crippen molar-refractivity contribution in [2.24, 2.45) is 0 Å². The molecule has 0 radical (unpaired) electrons. The number of pyridine rings is 1. The van der Waals surface area contributed by atoms with Crippen LogP contribution < -0.4 is 20.9 Å². The number of anilines is 2. The SMILES string of the molecule is CCC1NNc2ccc(C(=O)Nc3ccc4c(c3)nc(CN3CC=C(c5cccc(OCc6ccc(C#N)cc6F)n5)CC3)n4C[C@@H]3CCO3)cc21. The predicted molar refractivity (Wildman–Crippen MR) is 196 cm³/mol. The van der Waals surface area contributed by atoms with Crippen LogP contribution in [0.1, 0.15) is 70.8 Å². The molecular weight excluding hydrogens is 659 g/mol. The number of rotatable bonds is 11. The van der Waals surface area contributed by atoms with Crippen LogP contribution in [0.4, 0.5) is 15.8 Å². The number of carbonyl (C=O) groups excluding carboxylic acids is 1. The Hall–Kier alpha value is -5.61. The minimum atomic E-state index is -0.474. The smallest absolute Gasteiger partial charge is 0.255 e. The van der Waals surface area contributed by atoms with Gasteiger partial charge in [0.2, 0.25) is 5.88 Å². The molecule has 0 spiro atoms. The van der Waals surface area contributed by atoms with E-state index in [0.29, 0.717) is 29.2 Å². The fourth-order valence-electron chi connectivity index (χ4n) is 6.94. The minimum absolute atomic E-state index is 0.0193. The molecule has 1 unspecified atom stereocenters. The van der Waals surface area contributed by atoms with Crippen molar-refractivity contribution in [1.82, 2.24) is 24.9 Å². The molecule has 0 aliphatic carbocycles. The van der Waals surface area contributed by atoms with Gasteiger partial charge in [-0.25, -0.2) is 19.8 Å².